The van der Waals surface area contributed by atoms with Crippen LogP contribution in [0.25, 0.3) is 0 Å². The summed E-state index contributed by atoms with van der Waals surface area (Å²) in [6.07, 6.45) is -0.128. The molecule has 0 bridgehead atoms. The van der Waals surface area contributed by atoms with E-state index in [0.717, 1.165) is 4.88 Å². The molecule has 2 aromatic heterocycles. The molecule has 0 atom stereocenters. The van der Waals surface area contributed by atoms with Crippen LogP contribution >= 0.6 is 22.7 Å². The third kappa shape index (κ3) is 2.93. The van der Waals surface area contributed by atoms with Crippen LogP contribution in [-0.2, 0) is 11.2 Å². The lowest BCUT2D eigenvalue weighted by Crippen LogP contribution is -2.10. The number of amides is 1. The minimum absolute atomic E-state index is 0.128. The topological polar surface area (TPSA) is 79.3 Å². The second-order valence-corrected chi connectivity index (χ2v) is 5.67. The van der Waals surface area contributed by atoms with Gasteiger partial charge < -0.3 is 5.11 Å². The smallest absolute Gasteiger partial charge is 0.309 e. The Hall–Kier alpha value is -1.73. The number of thiophene rings is 1. The highest BCUT2D eigenvalue weighted by Gasteiger charge is 2.14. The fraction of sp³-hybridized carbons (Fsp3) is 0.182. The van der Waals surface area contributed by atoms with Crippen LogP contribution in [0.2, 0.25) is 0 Å². The van der Waals surface area contributed by atoms with Crippen LogP contribution in [0.1, 0.15) is 20.2 Å². The maximum Gasteiger partial charge on any atom is 0.309 e. The Kier molecular flexibility index (Phi) is 3.73. The van der Waals surface area contributed by atoms with Crippen molar-refractivity contribution in [1.29, 1.82) is 0 Å². The number of nitrogens with zero attached hydrogens (tertiary/aromatic N) is 1. The van der Waals surface area contributed by atoms with Crippen LogP contribution in [-0.4, -0.2) is 22.0 Å². The number of hydrogen-bond acceptors (Lipinski definition) is 5. The maximum absolute atomic E-state index is 11.8. The summed E-state index contributed by atoms with van der Waals surface area (Å²) < 4.78 is 0. The lowest BCUT2D eigenvalue weighted by atomic mass is 10.3. The van der Waals surface area contributed by atoms with Crippen LogP contribution in [0.5, 0.6) is 0 Å². The van der Waals surface area contributed by atoms with E-state index >= 15 is 0 Å². The van der Waals surface area contributed by atoms with Crippen molar-refractivity contribution < 1.29 is 14.7 Å². The van der Waals surface area contributed by atoms with E-state index in [9.17, 15) is 9.59 Å². The van der Waals surface area contributed by atoms with E-state index in [1.54, 1.807) is 19.1 Å². The first kappa shape index (κ1) is 12.7. The third-order valence-electron chi connectivity index (χ3n) is 2.18. The number of carbonyl (C=O) groups excluding carboxylic acids is 1. The van der Waals surface area contributed by atoms with Gasteiger partial charge in [-0.25, -0.2) is 4.98 Å². The lowest BCUT2D eigenvalue weighted by molar-refractivity contribution is -0.136. The zero-order valence-electron chi connectivity index (χ0n) is 9.47. The van der Waals surface area contributed by atoms with Gasteiger partial charge in [-0.2, -0.15) is 0 Å². The van der Waals surface area contributed by atoms with Crippen LogP contribution in [0.4, 0.5) is 5.13 Å². The van der Waals surface area contributed by atoms with Crippen molar-refractivity contribution in [2.24, 2.45) is 0 Å². The zero-order chi connectivity index (χ0) is 13.1. The molecule has 0 aliphatic heterocycles. The highest BCUT2D eigenvalue weighted by Crippen LogP contribution is 2.23. The second kappa shape index (κ2) is 5.28. The summed E-state index contributed by atoms with van der Waals surface area (Å²) in [6, 6.07) is 3.52. The zero-order valence-corrected chi connectivity index (χ0v) is 11.1. The number of aliphatic carboxylic acids is 1. The first-order chi connectivity index (χ1) is 8.56. The molecular weight excluding hydrogens is 272 g/mol. The van der Waals surface area contributed by atoms with Gasteiger partial charge in [-0.1, -0.05) is 6.07 Å². The quantitative estimate of drug-likeness (QED) is 0.902. The van der Waals surface area contributed by atoms with Gasteiger partial charge in [0.25, 0.3) is 5.91 Å². The van der Waals surface area contributed by atoms with E-state index in [1.165, 1.54) is 22.7 Å². The van der Waals surface area contributed by atoms with E-state index in [2.05, 4.69) is 10.3 Å². The SMILES string of the molecule is Cc1sc(NC(=O)c2cccs2)nc1CC(=O)O. The number of anilines is 1. The van der Waals surface area contributed by atoms with Crippen LogP contribution < -0.4 is 5.32 Å². The van der Waals surface area contributed by atoms with E-state index in [4.69, 9.17) is 5.11 Å². The Balaban J connectivity index is 2.11. The number of nitrogens with one attached hydrogen (secondary N) is 1. The normalized spacial score (nSPS) is 10.3. The summed E-state index contributed by atoms with van der Waals surface area (Å²) in [5, 5.41) is 13.6. The Morgan fingerprint density at radius 1 is 1.50 bits per heavy atom. The maximum atomic E-state index is 11.8. The van der Waals surface area contributed by atoms with Gasteiger partial charge in [-0.15, -0.1) is 22.7 Å². The molecule has 0 saturated heterocycles. The monoisotopic (exact) mass is 282 g/mol. The summed E-state index contributed by atoms with van der Waals surface area (Å²) in [6.45, 7) is 1.79. The van der Waals surface area contributed by atoms with Crippen molar-refractivity contribution in [3.63, 3.8) is 0 Å². The number of aromatic nitrogens is 1. The number of carboxylic acids is 1. The van der Waals surface area contributed by atoms with Crippen molar-refractivity contribution in [3.8, 4) is 0 Å². The number of carboxylic acid groups (broad SMARTS) is 1. The van der Waals surface area contributed by atoms with Crippen molar-refractivity contribution in [2.75, 3.05) is 5.32 Å². The molecule has 0 aliphatic rings. The molecule has 0 unspecified atom stereocenters. The molecular formula is C11H10N2O3S2. The molecule has 2 N–H and O–H groups in total. The van der Waals surface area contributed by atoms with Gasteiger partial charge in [0, 0.05) is 4.88 Å². The predicted octanol–water partition coefficient (Wildman–Crippen LogP) is 2.39. The summed E-state index contributed by atoms with van der Waals surface area (Å²) in [7, 11) is 0. The van der Waals surface area contributed by atoms with Crippen molar-refractivity contribution >= 4 is 39.7 Å². The van der Waals surface area contributed by atoms with E-state index in [1.807, 2.05) is 5.38 Å². The van der Waals surface area contributed by atoms with Gasteiger partial charge in [0.1, 0.15) is 0 Å². The minimum Gasteiger partial charge on any atom is -0.481 e. The molecule has 18 heavy (non-hydrogen) atoms. The van der Waals surface area contributed by atoms with E-state index in [-0.39, 0.29) is 12.3 Å². The Morgan fingerprint density at radius 3 is 2.89 bits per heavy atom. The standard InChI is InChI=1S/C11H10N2O3S2/c1-6-7(5-9(14)15)12-11(18-6)13-10(16)8-3-2-4-17-8/h2-4H,5H2,1H3,(H,14,15)(H,12,13,16). The van der Waals surface area contributed by atoms with Crippen LogP contribution in [0.3, 0.4) is 0 Å². The lowest BCUT2D eigenvalue weighted by Gasteiger charge is -1.97. The van der Waals surface area contributed by atoms with E-state index in [0.29, 0.717) is 15.7 Å². The number of aryl methyl sites for hydroxylation is 1. The van der Waals surface area contributed by atoms with Crippen molar-refractivity contribution in [1.82, 2.24) is 4.98 Å². The Morgan fingerprint density at radius 2 is 2.28 bits per heavy atom. The number of thiazole rings is 1. The fourth-order valence-electron chi connectivity index (χ4n) is 1.36. The molecule has 0 saturated carbocycles. The summed E-state index contributed by atoms with van der Waals surface area (Å²) in [5.41, 5.74) is 0.494. The van der Waals surface area contributed by atoms with Gasteiger partial charge >= 0.3 is 5.97 Å². The van der Waals surface area contributed by atoms with Gasteiger partial charge in [-0.05, 0) is 18.4 Å². The molecule has 2 rings (SSSR count). The molecule has 0 spiro atoms. The molecule has 0 aromatic carbocycles. The average Bonchev–Trinajstić information content (AvgIpc) is 2.89. The first-order valence-corrected chi connectivity index (χ1v) is 6.79. The molecule has 2 aromatic rings. The minimum atomic E-state index is -0.931. The number of carbonyl (C=O) groups is 2. The largest absolute Gasteiger partial charge is 0.481 e. The molecule has 1 amide bonds. The summed E-state index contributed by atoms with van der Waals surface area (Å²) >= 11 is 2.62. The molecule has 7 heteroatoms. The first-order valence-electron chi connectivity index (χ1n) is 5.09. The van der Waals surface area contributed by atoms with E-state index < -0.39 is 5.97 Å². The predicted molar refractivity (Wildman–Crippen MR) is 70.5 cm³/mol. The number of hydrogen-bond donors (Lipinski definition) is 2. The average molecular weight is 282 g/mol. The summed E-state index contributed by atoms with van der Waals surface area (Å²) in [5.74, 6) is -1.15. The number of rotatable bonds is 4. The van der Waals surface area contributed by atoms with Gasteiger partial charge in [0.05, 0.1) is 17.0 Å². The fourth-order valence-corrected chi connectivity index (χ4v) is 2.80. The van der Waals surface area contributed by atoms with Crippen LogP contribution in [0, 0.1) is 6.92 Å². The Labute approximate surface area is 111 Å². The highest BCUT2D eigenvalue weighted by molar-refractivity contribution is 7.16. The molecule has 0 fully saturated rings. The molecule has 5 nitrogen and oxygen atoms in total. The van der Waals surface area contributed by atoms with Gasteiger partial charge in [0.15, 0.2) is 5.13 Å². The van der Waals surface area contributed by atoms with Crippen molar-refractivity contribution in [2.45, 2.75) is 13.3 Å². The Bertz CT molecular complexity index is 575. The third-order valence-corrected chi connectivity index (χ3v) is 3.97. The van der Waals surface area contributed by atoms with Crippen LogP contribution in [0.15, 0.2) is 17.5 Å². The highest BCUT2D eigenvalue weighted by atomic mass is 32.1. The van der Waals surface area contributed by atoms with Gasteiger partial charge in [-0.3, -0.25) is 14.9 Å². The molecule has 94 valence electrons. The molecule has 0 aliphatic carbocycles. The van der Waals surface area contributed by atoms with Crippen molar-refractivity contribution in [3.05, 3.63) is 33.0 Å². The second-order valence-electron chi connectivity index (χ2n) is 3.52. The molecule has 0 radical (unpaired) electrons. The summed E-state index contributed by atoms with van der Waals surface area (Å²) in [4.78, 5) is 27.9. The molecule has 2 heterocycles. The van der Waals surface area contributed by atoms with Gasteiger partial charge in [0.2, 0.25) is 0 Å².